The molecule has 0 aliphatic rings. The monoisotopic (exact) mass is 469 g/mol. The first kappa shape index (κ1) is 31.1. The van der Waals surface area contributed by atoms with Crippen molar-refractivity contribution in [2.24, 2.45) is 16.2 Å². The van der Waals surface area contributed by atoms with Crippen molar-refractivity contribution in [2.75, 3.05) is 19.8 Å². The van der Waals surface area contributed by atoms with Gasteiger partial charge >= 0.3 is 11.9 Å². The van der Waals surface area contributed by atoms with Crippen molar-refractivity contribution in [2.45, 2.75) is 100 Å². The lowest BCUT2D eigenvalue weighted by molar-refractivity contribution is -0.181. The number of ether oxygens (including phenoxy) is 3. The normalized spacial score (nSPS) is 14.8. The van der Waals surface area contributed by atoms with Crippen molar-refractivity contribution in [3.8, 4) is 0 Å². The average molecular weight is 470 g/mol. The van der Waals surface area contributed by atoms with Crippen LogP contribution in [0.1, 0.15) is 89.0 Å². The van der Waals surface area contributed by atoms with Crippen molar-refractivity contribution < 1.29 is 28.6 Å². The van der Waals surface area contributed by atoms with Crippen molar-refractivity contribution in [1.29, 1.82) is 0 Å². The van der Waals surface area contributed by atoms with Crippen molar-refractivity contribution in [3.05, 3.63) is 12.7 Å². The van der Waals surface area contributed by atoms with Crippen LogP contribution in [0.2, 0.25) is 0 Å². The number of nitrogens with one attached hydrogen (secondary N) is 1. The highest BCUT2D eigenvalue weighted by Gasteiger charge is 2.49. The Kier molecular flexibility index (Phi) is 10.8. The van der Waals surface area contributed by atoms with Crippen molar-refractivity contribution >= 4 is 17.8 Å². The Morgan fingerprint density at radius 2 is 1.42 bits per heavy atom. The predicted molar refractivity (Wildman–Crippen MR) is 131 cm³/mol. The summed E-state index contributed by atoms with van der Waals surface area (Å²) < 4.78 is 16.6. The van der Waals surface area contributed by atoms with E-state index in [0.717, 1.165) is 6.08 Å². The highest BCUT2D eigenvalue weighted by molar-refractivity contribution is 5.84. The summed E-state index contributed by atoms with van der Waals surface area (Å²) in [7, 11) is 0. The number of carbonyl (C=O) groups excluding carboxylic acids is 3. The molecule has 0 aromatic rings. The molecule has 0 radical (unpaired) electrons. The zero-order chi connectivity index (χ0) is 26.3. The van der Waals surface area contributed by atoms with E-state index < -0.39 is 22.6 Å². The summed E-state index contributed by atoms with van der Waals surface area (Å²) in [4.78, 5) is 36.8. The molecular weight excluding hydrogens is 422 g/mol. The Labute approximate surface area is 201 Å². The molecule has 0 saturated carbocycles. The van der Waals surface area contributed by atoms with Crippen LogP contribution in [0.15, 0.2) is 12.7 Å². The van der Waals surface area contributed by atoms with Crippen LogP contribution in [0.5, 0.6) is 0 Å². The quantitative estimate of drug-likeness (QED) is 0.250. The molecule has 7 heteroatoms. The fourth-order valence-electron chi connectivity index (χ4n) is 3.32. The molecule has 1 amide bonds. The van der Waals surface area contributed by atoms with E-state index in [1.54, 1.807) is 13.8 Å². The summed E-state index contributed by atoms with van der Waals surface area (Å²) in [6.07, 6.45) is 2.20. The zero-order valence-electron chi connectivity index (χ0n) is 22.8. The van der Waals surface area contributed by atoms with Crippen LogP contribution in [-0.2, 0) is 28.6 Å². The van der Waals surface area contributed by atoms with Crippen LogP contribution in [0.3, 0.4) is 0 Å². The molecule has 0 bridgehead atoms. The molecule has 0 fully saturated rings. The van der Waals surface area contributed by atoms with E-state index in [4.69, 9.17) is 14.2 Å². The smallest absolute Gasteiger partial charge is 0.330 e. The van der Waals surface area contributed by atoms with Crippen LogP contribution in [0.25, 0.3) is 0 Å². The van der Waals surface area contributed by atoms with Gasteiger partial charge in [-0.05, 0) is 51.9 Å². The highest BCUT2D eigenvalue weighted by Crippen LogP contribution is 2.48. The number of rotatable bonds is 12. The number of hydrogen-bond donors (Lipinski definition) is 1. The highest BCUT2D eigenvalue weighted by atomic mass is 16.6. The Morgan fingerprint density at radius 3 is 1.88 bits per heavy atom. The molecule has 0 spiro atoms. The van der Waals surface area contributed by atoms with Crippen LogP contribution in [0, 0.1) is 16.2 Å². The third-order valence-electron chi connectivity index (χ3n) is 5.87. The van der Waals surface area contributed by atoms with E-state index in [1.165, 1.54) is 0 Å². The molecule has 1 atom stereocenters. The molecule has 0 saturated heterocycles. The fourth-order valence-corrected chi connectivity index (χ4v) is 3.32. The Hall–Kier alpha value is -1.89. The van der Waals surface area contributed by atoms with Crippen LogP contribution >= 0.6 is 0 Å². The van der Waals surface area contributed by atoms with Gasteiger partial charge in [0.25, 0.3) is 5.91 Å². The minimum absolute atomic E-state index is 0.0320. The lowest BCUT2D eigenvalue weighted by Crippen LogP contribution is -2.48. The first-order chi connectivity index (χ1) is 14.7. The number of esters is 2. The number of amides is 1. The third-order valence-corrected chi connectivity index (χ3v) is 5.87. The van der Waals surface area contributed by atoms with E-state index >= 15 is 0 Å². The standard InChI is InChI=1S/C26H47NO6/c1-13-19(28)31-17-15-27-20(29)25(10,11)32-16-14-24(8,9)33-21(30)26(12,23(5,6)7)18-22(2,3)4/h13H,1,14-18H2,2-12H3,(H,27,29). The SMILES string of the molecule is C=CC(=O)OCCNC(=O)C(C)(C)OCCC(C)(C)OC(=O)C(C)(CC(C)(C)C)C(C)(C)C. The minimum Gasteiger partial charge on any atom is -0.461 e. The predicted octanol–water partition coefficient (Wildman–Crippen LogP) is 4.83. The van der Waals surface area contributed by atoms with Gasteiger partial charge in [0.05, 0.1) is 18.6 Å². The van der Waals surface area contributed by atoms with Gasteiger partial charge in [0, 0.05) is 12.5 Å². The van der Waals surface area contributed by atoms with Gasteiger partial charge in [0.1, 0.15) is 17.8 Å². The summed E-state index contributed by atoms with van der Waals surface area (Å²) in [5.41, 5.74) is -2.81. The maximum absolute atomic E-state index is 13.3. The molecule has 1 N–H and O–H groups in total. The Balaban J connectivity index is 4.91. The van der Waals surface area contributed by atoms with Crippen molar-refractivity contribution in [1.82, 2.24) is 5.32 Å². The topological polar surface area (TPSA) is 90.9 Å². The molecule has 0 aromatic heterocycles. The van der Waals surface area contributed by atoms with E-state index in [1.807, 2.05) is 20.8 Å². The van der Waals surface area contributed by atoms with Gasteiger partial charge in [-0.2, -0.15) is 0 Å². The second-order valence-corrected chi connectivity index (χ2v) is 12.2. The van der Waals surface area contributed by atoms with Gasteiger partial charge in [-0.1, -0.05) is 48.1 Å². The molecule has 0 aliphatic heterocycles. The molecule has 0 aliphatic carbocycles. The zero-order valence-corrected chi connectivity index (χ0v) is 22.8. The molecule has 0 rings (SSSR count). The third kappa shape index (κ3) is 10.7. The minimum atomic E-state index is -1.09. The molecular formula is C26H47NO6. The molecule has 192 valence electrons. The summed E-state index contributed by atoms with van der Waals surface area (Å²) in [5.74, 6) is -1.08. The van der Waals surface area contributed by atoms with Gasteiger partial charge in [0.15, 0.2) is 0 Å². The van der Waals surface area contributed by atoms with Crippen molar-refractivity contribution in [3.63, 3.8) is 0 Å². The van der Waals surface area contributed by atoms with E-state index in [2.05, 4.69) is 53.4 Å². The van der Waals surface area contributed by atoms with Gasteiger partial charge in [-0.3, -0.25) is 9.59 Å². The lowest BCUT2D eigenvalue weighted by atomic mass is 9.61. The molecule has 33 heavy (non-hydrogen) atoms. The second-order valence-electron chi connectivity index (χ2n) is 12.2. The number of carbonyl (C=O) groups is 3. The second kappa shape index (κ2) is 11.5. The van der Waals surface area contributed by atoms with Crippen LogP contribution in [-0.4, -0.2) is 48.8 Å². The molecule has 1 unspecified atom stereocenters. The summed E-state index contributed by atoms with van der Waals surface area (Å²) in [5, 5.41) is 2.68. The van der Waals surface area contributed by atoms with Gasteiger partial charge in [-0.25, -0.2) is 4.79 Å². The Bertz CT molecular complexity index is 697. The molecule has 0 heterocycles. The van der Waals surface area contributed by atoms with Gasteiger partial charge in [0.2, 0.25) is 0 Å². The Morgan fingerprint density at radius 1 is 0.879 bits per heavy atom. The van der Waals surface area contributed by atoms with Gasteiger partial charge < -0.3 is 19.5 Å². The van der Waals surface area contributed by atoms with E-state index in [0.29, 0.717) is 12.8 Å². The van der Waals surface area contributed by atoms with Gasteiger partial charge in [-0.15, -0.1) is 0 Å². The van der Waals surface area contributed by atoms with E-state index in [9.17, 15) is 14.4 Å². The summed E-state index contributed by atoms with van der Waals surface area (Å²) >= 11 is 0. The van der Waals surface area contributed by atoms with Crippen LogP contribution in [0.4, 0.5) is 0 Å². The molecule has 7 nitrogen and oxygen atoms in total. The maximum Gasteiger partial charge on any atom is 0.330 e. The molecule has 0 aromatic carbocycles. The number of hydrogen-bond acceptors (Lipinski definition) is 6. The first-order valence-electron chi connectivity index (χ1n) is 11.6. The largest absolute Gasteiger partial charge is 0.461 e. The fraction of sp³-hybridized carbons (Fsp3) is 0.808. The summed E-state index contributed by atoms with van der Waals surface area (Å²) in [6.45, 7) is 25.4. The summed E-state index contributed by atoms with van der Waals surface area (Å²) in [6, 6.07) is 0. The maximum atomic E-state index is 13.3. The van der Waals surface area contributed by atoms with E-state index in [-0.39, 0.29) is 42.5 Å². The lowest BCUT2D eigenvalue weighted by Gasteiger charge is -2.45. The average Bonchev–Trinajstić information content (AvgIpc) is 2.61. The van der Waals surface area contributed by atoms with Crippen LogP contribution < -0.4 is 5.32 Å². The first-order valence-corrected chi connectivity index (χ1v) is 11.6.